The van der Waals surface area contributed by atoms with Crippen LogP contribution in [0.25, 0.3) is 0 Å². The average molecular weight is 319 g/mol. The van der Waals surface area contributed by atoms with Gasteiger partial charge >= 0.3 is 0 Å². The van der Waals surface area contributed by atoms with Gasteiger partial charge in [-0.05, 0) is 22.4 Å². The molecule has 0 radical (unpaired) electrons. The number of ether oxygens (including phenoxy) is 1. The number of anilines is 2. The molecule has 0 fully saturated rings. The minimum atomic E-state index is 0.0439. The van der Waals surface area contributed by atoms with E-state index in [1.807, 2.05) is 0 Å². The van der Waals surface area contributed by atoms with Crippen molar-refractivity contribution in [3.63, 3.8) is 0 Å². The van der Waals surface area contributed by atoms with Crippen LogP contribution in [0.5, 0.6) is 0 Å². The number of rotatable bonds is 9. The van der Waals surface area contributed by atoms with Crippen LogP contribution in [0.1, 0.15) is 13.3 Å². The highest BCUT2D eigenvalue weighted by atomic mass is 79.9. The van der Waals surface area contributed by atoms with Gasteiger partial charge in [0.25, 0.3) is 0 Å². The first-order valence-corrected chi connectivity index (χ1v) is 6.75. The van der Waals surface area contributed by atoms with E-state index in [9.17, 15) is 0 Å². The van der Waals surface area contributed by atoms with Crippen molar-refractivity contribution in [1.29, 1.82) is 0 Å². The molecule has 0 aromatic carbocycles. The van der Waals surface area contributed by atoms with Gasteiger partial charge in [-0.2, -0.15) is 0 Å². The summed E-state index contributed by atoms with van der Waals surface area (Å²) in [5, 5.41) is 14.9. The fourth-order valence-electron chi connectivity index (χ4n) is 1.27. The zero-order valence-electron chi connectivity index (χ0n) is 10.4. The second-order valence-corrected chi connectivity index (χ2v) is 4.37. The summed E-state index contributed by atoms with van der Waals surface area (Å²) in [7, 11) is 0. The van der Waals surface area contributed by atoms with Crippen LogP contribution in [-0.4, -0.2) is 48.0 Å². The van der Waals surface area contributed by atoms with E-state index in [-0.39, 0.29) is 6.61 Å². The van der Waals surface area contributed by atoms with Crippen molar-refractivity contribution < 1.29 is 9.84 Å². The fourth-order valence-corrected chi connectivity index (χ4v) is 1.75. The van der Waals surface area contributed by atoms with E-state index in [1.54, 1.807) is 0 Å². The number of aliphatic hydroxyl groups excluding tert-OH is 1. The number of hydrogen-bond donors (Lipinski definition) is 3. The van der Waals surface area contributed by atoms with Crippen molar-refractivity contribution in [2.24, 2.45) is 0 Å². The third-order valence-corrected chi connectivity index (χ3v) is 2.86. The van der Waals surface area contributed by atoms with Crippen molar-refractivity contribution in [3.8, 4) is 0 Å². The highest BCUT2D eigenvalue weighted by Gasteiger charge is 2.07. The summed E-state index contributed by atoms with van der Waals surface area (Å²) in [6.45, 7) is 4.52. The molecular weight excluding hydrogens is 300 g/mol. The van der Waals surface area contributed by atoms with Crippen molar-refractivity contribution in [3.05, 3.63) is 10.8 Å². The lowest BCUT2D eigenvalue weighted by atomic mass is 10.4. The second kappa shape index (κ2) is 9.07. The SMILES string of the molecule is CCCNc1ncnc(NCCOCCO)c1Br. The van der Waals surface area contributed by atoms with Gasteiger partial charge in [0.2, 0.25) is 0 Å². The first-order chi connectivity index (χ1) is 8.79. The monoisotopic (exact) mass is 318 g/mol. The third-order valence-electron chi connectivity index (χ3n) is 2.11. The number of nitrogens with one attached hydrogen (secondary N) is 2. The summed E-state index contributed by atoms with van der Waals surface area (Å²) in [5.74, 6) is 1.52. The molecule has 1 heterocycles. The maximum atomic E-state index is 8.56. The predicted molar refractivity (Wildman–Crippen MR) is 74.9 cm³/mol. The highest BCUT2D eigenvalue weighted by Crippen LogP contribution is 2.26. The molecule has 1 rings (SSSR count). The molecule has 0 bridgehead atoms. The Kier molecular flexibility index (Phi) is 7.63. The summed E-state index contributed by atoms with van der Waals surface area (Å²) in [6, 6.07) is 0. The van der Waals surface area contributed by atoms with Crippen LogP contribution in [-0.2, 0) is 4.74 Å². The summed E-state index contributed by atoms with van der Waals surface area (Å²) in [5.41, 5.74) is 0. The summed E-state index contributed by atoms with van der Waals surface area (Å²) >= 11 is 3.46. The van der Waals surface area contributed by atoms with E-state index in [4.69, 9.17) is 9.84 Å². The lowest BCUT2D eigenvalue weighted by Crippen LogP contribution is -2.13. The molecule has 6 nitrogen and oxygen atoms in total. The molecule has 0 aliphatic rings. The van der Waals surface area contributed by atoms with Crippen LogP contribution in [0.4, 0.5) is 11.6 Å². The van der Waals surface area contributed by atoms with E-state index < -0.39 is 0 Å². The van der Waals surface area contributed by atoms with Gasteiger partial charge < -0.3 is 20.5 Å². The number of aliphatic hydroxyl groups is 1. The molecule has 7 heteroatoms. The summed E-state index contributed by atoms with van der Waals surface area (Å²) in [6.07, 6.45) is 2.55. The molecule has 102 valence electrons. The molecular formula is C11H19BrN4O2. The first kappa shape index (κ1) is 15.1. The standard InChI is InChI=1S/C11H19BrN4O2/c1-2-3-13-10-9(12)11(16-8-15-10)14-4-6-18-7-5-17/h8,17H,2-7H2,1H3,(H2,13,14,15,16). The Hall–Kier alpha value is -0.920. The number of aromatic nitrogens is 2. The Balaban J connectivity index is 2.44. The van der Waals surface area contributed by atoms with Crippen LogP contribution in [0.2, 0.25) is 0 Å². The predicted octanol–water partition coefficient (Wildman–Crippen LogP) is 1.48. The highest BCUT2D eigenvalue weighted by molar-refractivity contribution is 9.10. The Bertz CT molecular complexity index is 352. The molecule has 0 aliphatic carbocycles. The van der Waals surface area contributed by atoms with E-state index >= 15 is 0 Å². The van der Waals surface area contributed by atoms with Gasteiger partial charge in [0.15, 0.2) is 0 Å². The Morgan fingerprint density at radius 3 is 2.50 bits per heavy atom. The largest absolute Gasteiger partial charge is 0.394 e. The normalized spacial score (nSPS) is 10.4. The Labute approximate surface area is 115 Å². The third kappa shape index (κ3) is 5.16. The van der Waals surface area contributed by atoms with Crippen LogP contribution >= 0.6 is 15.9 Å². The van der Waals surface area contributed by atoms with Gasteiger partial charge in [-0.1, -0.05) is 6.92 Å². The molecule has 0 unspecified atom stereocenters. The first-order valence-electron chi connectivity index (χ1n) is 5.96. The Morgan fingerprint density at radius 2 is 1.89 bits per heavy atom. The van der Waals surface area contributed by atoms with E-state index in [1.165, 1.54) is 6.33 Å². The number of halogens is 1. The van der Waals surface area contributed by atoms with Crippen LogP contribution in [0.15, 0.2) is 10.8 Å². The lowest BCUT2D eigenvalue weighted by Gasteiger charge is -2.11. The van der Waals surface area contributed by atoms with Crippen molar-refractivity contribution in [1.82, 2.24) is 9.97 Å². The smallest absolute Gasteiger partial charge is 0.146 e. The van der Waals surface area contributed by atoms with E-state index in [0.717, 1.165) is 29.1 Å². The second-order valence-electron chi connectivity index (χ2n) is 3.57. The van der Waals surface area contributed by atoms with Crippen molar-refractivity contribution >= 4 is 27.6 Å². The summed E-state index contributed by atoms with van der Waals surface area (Å²) < 4.78 is 5.97. The van der Waals surface area contributed by atoms with Crippen LogP contribution in [0, 0.1) is 0 Å². The number of nitrogens with zero attached hydrogens (tertiary/aromatic N) is 2. The van der Waals surface area contributed by atoms with Crippen LogP contribution in [0.3, 0.4) is 0 Å². The zero-order valence-corrected chi connectivity index (χ0v) is 12.0. The van der Waals surface area contributed by atoms with Crippen molar-refractivity contribution in [2.75, 3.05) is 43.5 Å². The molecule has 0 spiro atoms. The molecule has 3 N–H and O–H groups in total. The zero-order chi connectivity index (χ0) is 13.2. The molecule has 1 aromatic heterocycles. The lowest BCUT2D eigenvalue weighted by molar-refractivity contribution is 0.0992. The van der Waals surface area contributed by atoms with E-state index in [0.29, 0.717) is 19.8 Å². The average Bonchev–Trinajstić information content (AvgIpc) is 2.39. The van der Waals surface area contributed by atoms with Gasteiger partial charge in [-0.25, -0.2) is 9.97 Å². The molecule has 0 aliphatic heterocycles. The molecule has 0 saturated heterocycles. The van der Waals surface area contributed by atoms with E-state index in [2.05, 4.69) is 43.5 Å². The summed E-state index contributed by atoms with van der Waals surface area (Å²) in [4.78, 5) is 8.31. The van der Waals surface area contributed by atoms with Gasteiger partial charge in [-0.15, -0.1) is 0 Å². The maximum Gasteiger partial charge on any atom is 0.146 e. The van der Waals surface area contributed by atoms with Gasteiger partial charge in [-0.3, -0.25) is 0 Å². The molecule has 0 saturated carbocycles. The minimum absolute atomic E-state index is 0.0439. The fraction of sp³-hybridized carbons (Fsp3) is 0.636. The molecule has 0 amide bonds. The minimum Gasteiger partial charge on any atom is -0.394 e. The maximum absolute atomic E-state index is 8.56. The quantitative estimate of drug-likeness (QED) is 0.599. The number of hydrogen-bond acceptors (Lipinski definition) is 6. The van der Waals surface area contributed by atoms with Gasteiger partial charge in [0.05, 0.1) is 19.8 Å². The van der Waals surface area contributed by atoms with Gasteiger partial charge in [0.1, 0.15) is 22.4 Å². The molecule has 1 aromatic rings. The van der Waals surface area contributed by atoms with Crippen molar-refractivity contribution in [2.45, 2.75) is 13.3 Å². The Morgan fingerprint density at radius 1 is 1.22 bits per heavy atom. The molecule has 0 atom stereocenters. The molecule has 18 heavy (non-hydrogen) atoms. The topological polar surface area (TPSA) is 79.3 Å². The van der Waals surface area contributed by atoms with Gasteiger partial charge in [0, 0.05) is 13.1 Å². The van der Waals surface area contributed by atoms with Crippen LogP contribution < -0.4 is 10.6 Å².